The second-order valence-electron chi connectivity index (χ2n) is 6.26. The van der Waals surface area contributed by atoms with E-state index in [9.17, 15) is 4.79 Å². The molecule has 114 valence electrons. The minimum atomic E-state index is -0.0286. The number of nitrogens with one attached hydrogen (secondary N) is 1. The van der Waals surface area contributed by atoms with E-state index in [0.717, 1.165) is 13.0 Å². The lowest BCUT2D eigenvalue weighted by Gasteiger charge is -2.17. The minimum absolute atomic E-state index is 0.0286. The van der Waals surface area contributed by atoms with Gasteiger partial charge in [0.2, 0.25) is 5.91 Å². The van der Waals surface area contributed by atoms with Crippen LogP contribution in [0.4, 0.5) is 5.69 Å². The summed E-state index contributed by atoms with van der Waals surface area (Å²) in [7, 11) is 0. The Balaban J connectivity index is 2.15. The maximum Gasteiger partial charge on any atom is 0.224 e. The van der Waals surface area contributed by atoms with Crippen molar-refractivity contribution in [3.8, 4) is 6.07 Å². The second kappa shape index (κ2) is 8.43. The molecule has 21 heavy (non-hydrogen) atoms. The van der Waals surface area contributed by atoms with Crippen LogP contribution in [0.5, 0.6) is 0 Å². The van der Waals surface area contributed by atoms with Crippen LogP contribution in [-0.4, -0.2) is 19.1 Å². The van der Waals surface area contributed by atoms with E-state index in [1.165, 1.54) is 0 Å². The third-order valence-electron chi connectivity index (χ3n) is 2.99. The number of nitrogens with zero attached hydrogens (tertiary/aromatic N) is 1. The van der Waals surface area contributed by atoms with Crippen LogP contribution < -0.4 is 5.32 Å². The van der Waals surface area contributed by atoms with Crippen LogP contribution in [0, 0.1) is 16.7 Å². The number of amides is 1. The molecular formula is C17H24N2O2. The van der Waals surface area contributed by atoms with Crippen molar-refractivity contribution in [3.63, 3.8) is 0 Å². The summed E-state index contributed by atoms with van der Waals surface area (Å²) in [4.78, 5) is 11.7. The van der Waals surface area contributed by atoms with Gasteiger partial charge in [-0.1, -0.05) is 20.8 Å². The summed E-state index contributed by atoms with van der Waals surface area (Å²) in [5.74, 6) is -0.0286. The molecule has 1 amide bonds. The van der Waals surface area contributed by atoms with E-state index in [1.54, 1.807) is 24.3 Å². The number of hydrogen-bond donors (Lipinski definition) is 1. The molecule has 0 aliphatic carbocycles. The first-order valence-corrected chi connectivity index (χ1v) is 7.28. The summed E-state index contributed by atoms with van der Waals surface area (Å²) in [6.07, 6.45) is 2.17. The van der Waals surface area contributed by atoms with Gasteiger partial charge in [0.1, 0.15) is 0 Å². The standard InChI is InChI=1S/C17H24N2O2/c1-17(2,3)10-12-21-11-4-5-16(20)19-15-8-6-14(13-18)7-9-15/h6-9H,4-5,10-12H2,1-3H3,(H,19,20). The van der Waals surface area contributed by atoms with Crippen LogP contribution in [0.25, 0.3) is 0 Å². The molecule has 0 aliphatic rings. The lowest BCUT2D eigenvalue weighted by Crippen LogP contribution is -2.13. The first-order valence-electron chi connectivity index (χ1n) is 7.28. The number of ether oxygens (including phenoxy) is 1. The van der Waals surface area contributed by atoms with Gasteiger partial charge in [0.05, 0.1) is 11.6 Å². The molecule has 0 saturated carbocycles. The summed E-state index contributed by atoms with van der Waals surface area (Å²) in [6.45, 7) is 7.89. The molecule has 0 unspecified atom stereocenters. The van der Waals surface area contributed by atoms with Crippen molar-refractivity contribution in [1.82, 2.24) is 0 Å². The van der Waals surface area contributed by atoms with Crippen LogP contribution >= 0.6 is 0 Å². The molecule has 0 saturated heterocycles. The Labute approximate surface area is 127 Å². The lowest BCUT2D eigenvalue weighted by molar-refractivity contribution is -0.116. The predicted octanol–water partition coefficient (Wildman–Crippen LogP) is 3.73. The summed E-state index contributed by atoms with van der Waals surface area (Å²) >= 11 is 0. The van der Waals surface area contributed by atoms with Crippen molar-refractivity contribution in [2.75, 3.05) is 18.5 Å². The normalized spacial score (nSPS) is 11.0. The van der Waals surface area contributed by atoms with Crippen molar-refractivity contribution < 1.29 is 9.53 Å². The molecule has 0 spiro atoms. The number of hydrogen-bond acceptors (Lipinski definition) is 3. The van der Waals surface area contributed by atoms with Gasteiger partial charge in [-0.3, -0.25) is 4.79 Å². The predicted molar refractivity (Wildman–Crippen MR) is 83.9 cm³/mol. The number of nitriles is 1. The maximum absolute atomic E-state index is 11.7. The van der Waals surface area contributed by atoms with E-state index < -0.39 is 0 Å². The van der Waals surface area contributed by atoms with Crippen LogP contribution in [0.1, 0.15) is 45.6 Å². The number of rotatable bonds is 7. The summed E-state index contributed by atoms with van der Waals surface area (Å²) < 4.78 is 5.52. The average Bonchev–Trinajstić information content (AvgIpc) is 2.42. The molecule has 1 N–H and O–H groups in total. The zero-order valence-corrected chi connectivity index (χ0v) is 13.1. The van der Waals surface area contributed by atoms with Crippen molar-refractivity contribution >= 4 is 11.6 Å². The third-order valence-corrected chi connectivity index (χ3v) is 2.99. The Hall–Kier alpha value is -1.86. The Kier molecular flexibility index (Phi) is 6.90. The van der Waals surface area contributed by atoms with E-state index >= 15 is 0 Å². The first-order chi connectivity index (χ1) is 9.90. The van der Waals surface area contributed by atoms with Crippen LogP contribution in [0.3, 0.4) is 0 Å². The molecule has 0 fully saturated rings. The van der Waals surface area contributed by atoms with E-state index in [1.807, 2.05) is 6.07 Å². The van der Waals surface area contributed by atoms with E-state index in [4.69, 9.17) is 10.00 Å². The lowest BCUT2D eigenvalue weighted by atomic mass is 9.93. The molecule has 0 radical (unpaired) electrons. The molecule has 1 rings (SSSR count). The molecule has 0 heterocycles. The monoisotopic (exact) mass is 288 g/mol. The highest BCUT2D eigenvalue weighted by molar-refractivity contribution is 5.90. The largest absolute Gasteiger partial charge is 0.381 e. The fourth-order valence-corrected chi connectivity index (χ4v) is 1.67. The highest BCUT2D eigenvalue weighted by Gasteiger charge is 2.09. The smallest absolute Gasteiger partial charge is 0.224 e. The maximum atomic E-state index is 11.7. The van der Waals surface area contributed by atoms with Gasteiger partial charge < -0.3 is 10.1 Å². The van der Waals surface area contributed by atoms with Crippen LogP contribution in [-0.2, 0) is 9.53 Å². The molecule has 0 aromatic heterocycles. The summed E-state index contributed by atoms with van der Waals surface area (Å²) in [5.41, 5.74) is 1.58. The van der Waals surface area contributed by atoms with Gasteiger partial charge in [-0.25, -0.2) is 0 Å². The molecule has 0 bridgehead atoms. The van der Waals surface area contributed by atoms with Crippen LogP contribution in [0.15, 0.2) is 24.3 Å². The Morgan fingerprint density at radius 3 is 2.48 bits per heavy atom. The third kappa shape index (κ3) is 8.11. The van der Waals surface area contributed by atoms with Crippen molar-refractivity contribution in [2.24, 2.45) is 5.41 Å². The van der Waals surface area contributed by atoms with Crippen LogP contribution in [0.2, 0.25) is 0 Å². The van der Waals surface area contributed by atoms with Crippen molar-refractivity contribution in [1.29, 1.82) is 5.26 Å². The van der Waals surface area contributed by atoms with Gasteiger partial charge in [0, 0.05) is 25.3 Å². The summed E-state index contributed by atoms with van der Waals surface area (Å²) in [6, 6.07) is 8.88. The molecule has 0 atom stereocenters. The minimum Gasteiger partial charge on any atom is -0.381 e. The Bertz CT molecular complexity index is 481. The number of carbonyl (C=O) groups is 1. The number of anilines is 1. The van der Waals surface area contributed by atoms with Crippen molar-refractivity contribution in [2.45, 2.75) is 40.0 Å². The Morgan fingerprint density at radius 1 is 1.24 bits per heavy atom. The van der Waals surface area contributed by atoms with E-state index in [-0.39, 0.29) is 11.3 Å². The van der Waals surface area contributed by atoms with Gasteiger partial charge >= 0.3 is 0 Å². The average molecular weight is 288 g/mol. The molecule has 1 aromatic carbocycles. The van der Waals surface area contributed by atoms with E-state index in [2.05, 4.69) is 26.1 Å². The molecule has 1 aromatic rings. The fourth-order valence-electron chi connectivity index (χ4n) is 1.67. The van der Waals surface area contributed by atoms with Crippen molar-refractivity contribution in [3.05, 3.63) is 29.8 Å². The number of carbonyl (C=O) groups excluding carboxylic acids is 1. The van der Waals surface area contributed by atoms with E-state index in [0.29, 0.717) is 30.7 Å². The van der Waals surface area contributed by atoms with Gasteiger partial charge in [0.25, 0.3) is 0 Å². The van der Waals surface area contributed by atoms with Gasteiger partial charge in [-0.15, -0.1) is 0 Å². The second-order valence-corrected chi connectivity index (χ2v) is 6.26. The highest BCUT2D eigenvalue weighted by Crippen LogP contribution is 2.17. The van der Waals surface area contributed by atoms with Gasteiger partial charge in [-0.2, -0.15) is 5.26 Å². The quantitative estimate of drug-likeness (QED) is 0.778. The van der Waals surface area contributed by atoms with Gasteiger partial charge in [-0.05, 0) is 42.5 Å². The molecular weight excluding hydrogens is 264 g/mol. The fraction of sp³-hybridized carbons (Fsp3) is 0.529. The molecule has 4 nitrogen and oxygen atoms in total. The topological polar surface area (TPSA) is 62.1 Å². The zero-order chi connectivity index (χ0) is 15.7. The zero-order valence-electron chi connectivity index (χ0n) is 13.1. The Morgan fingerprint density at radius 2 is 1.90 bits per heavy atom. The highest BCUT2D eigenvalue weighted by atomic mass is 16.5. The molecule has 0 aliphatic heterocycles. The summed E-state index contributed by atoms with van der Waals surface area (Å²) in [5, 5.41) is 11.5. The SMILES string of the molecule is CC(C)(C)CCOCCCC(=O)Nc1ccc(C#N)cc1. The van der Waals surface area contributed by atoms with Gasteiger partial charge in [0.15, 0.2) is 0 Å². The first kappa shape index (κ1) is 17.2. The molecule has 4 heteroatoms. The number of benzene rings is 1.